The number of nitrogens with one attached hydrogen (secondary N) is 2. The zero-order valence-electron chi connectivity index (χ0n) is 18.1. The van der Waals surface area contributed by atoms with Crippen molar-refractivity contribution in [1.82, 2.24) is 28.8 Å². The van der Waals surface area contributed by atoms with E-state index >= 15 is 0 Å². The number of pyridine rings is 2. The molecule has 4 aromatic rings. The number of hydrogen-bond acceptors (Lipinski definition) is 6. The van der Waals surface area contributed by atoms with Gasteiger partial charge < -0.3 is 19.2 Å². The number of fused-ring (bicyclic) bond motifs is 2. The fourth-order valence-corrected chi connectivity index (χ4v) is 4.22. The minimum Gasteiger partial charge on any atom is -0.376 e. The summed E-state index contributed by atoms with van der Waals surface area (Å²) in [6.45, 7) is 2.20. The van der Waals surface area contributed by atoms with E-state index in [9.17, 15) is 9.59 Å². The molecule has 1 fully saturated rings. The highest BCUT2D eigenvalue weighted by Crippen LogP contribution is 2.13. The topological polar surface area (TPSA) is 119 Å². The molecular formula is C23H25N7O3. The van der Waals surface area contributed by atoms with Gasteiger partial charge in [-0.25, -0.2) is 9.97 Å². The van der Waals surface area contributed by atoms with Crippen LogP contribution in [0.4, 0.5) is 0 Å². The fraction of sp³-hybridized carbons (Fsp3) is 0.348. The van der Waals surface area contributed by atoms with Gasteiger partial charge in [0.25, 0.3) is 11.5 Å². The standard InChI is InChI=1S/C23H25N7O3/c24-20-17(22(31)26-14-16-5-3-12-33-16)13-18-21(27-19-6-1-2-9-29(19)23(18)32)30(20)10-4-8-28-11-7-25-15-28/h1-2,6-7,9,11,13,15-16,24H,3-5,8,10,12,14H2,(H,26,31). The number of rotatable bonds is 7. The molecule has 170 valence electrons. The number of hydrogen-bond donors (Lipinski definition) is 2. The minimum atomic E-state index is -0.390. The van der Waals surface area contributed by atoms with Gasteiger partial charge in [-0.2, -0.15) is 0 Å². The second-order valence-electron chi connectivity index (χ2n) is 8.14. The first-order chi connectivity index (χ1) is 16.1. The lowest BCUT2D eigenvalue weighted by atomic mass is 10.1. The van der Waals surface area contributed by atoms with E-state index in [4.69, 9.17) is 10.1 Å². The first-order valence-corrected chi connectivity index (χ1v) is 11.1. The van der Waals surface area contributed by atoms with Crippen LogP contribution >= 0.6 is 0 Å². The zero-order chi connectivity index (χ0) is 22.8. The predicted molar refractivity (Wildman–Crippen MR) is 121 cm³/mol. The summed E-state index contributed by atoms with van der Waals surface area (Å²) in [6.07, 6.45) is 9.52. The normalized spacial score (nSPS) is 15.9. The van der Waals surface area contributed by atoms with E-state index in [2.05, 4.69) is 15.3 Å². The molecule has 0 spiro atoms. The number of aryl methyl sites for hydroxylation is 2. The van der Waals surface area contributed by atoms with Crippen LogP contribution in [0, 0.1) is 5.41 Å². The molecule has 0 saturated carbocycles. The minimum absolute atomic E-state index is 0.0119. The molecule has 1 aliphatic heterocycles. The van der Waals surface area contributed by atoms with E-state index in [1.165, 1.54) is 10.5 Å². The summed E-state index contributed by atoms with van der Waals surface area (Å²) in [7, 11) is 0. The van der Waals surface area contributed by atoms with Gasteiger partial charge >= 0.3 is 0 Å². The molecule has 0 aliphatic carbocycles. The Balaban J connectivity index is 1.56. The molecular weight excluding hydrogens is 422 g/mol. The van der Waals surface area contributed by atoms with Crippen LogP contribution in [0.1, 0.15) is 29.6 Å². The number of carbonyl (C=O) groups excluding carboxylic acids is 1. The van der Waals surface area contributed by atoms with Crippen molar-refractivity contribution in [3.05, 3.63) is 70.6 Å². The van der Waals surface area contributed by atoms with Crippen molar-refractivity contribution < 1.29 is 9.53 Å². The lowest BCUT2D eigenvalue weighted by Crippen LogP contribution is -2.38. The Morgan fingerprint density at radius 2 is 2.18 bits per heavy atom. The van der Waals surface area contributed by atoms with Gasteiger partial charge in [-0.3, -0.25) is 19.4 Å². The second-order valence-corrected chi connectivity index (χ2v) is 8.14. The number of aromatic nitrogens is 5. The van der Waals surface area contributed by atoms with Crippen molar-refractivity contribution in [1.29, 1.82) is 5.41 Å². The Labute approximate surface area is 189 Å². The molecule has 1 amide bonds. The highest BCUT2D eigenvalue weighted by molar-refractivity contribution is 5.96. The molecule has 2 N–H and O–H groups in total. The summed E-state index contributed by atoms with van der Waals surface area (Å²) in [5.41, 5.74) is 0.807. The van der Waals surface area contributed by atoms with Gasteiger partial charge in [0.2, 0.25) is 0 Å². The third-order valence-electron chi connectivity index (χ3n) is 5.93. The van der Waals surface area contributed by atoms with E-state index in [0.29, 0.717) is 49.3 Å². The van der Waals surface area contributed by atoms with Crippen LogP contribution in [0.3, 0.4) is 0 Å². The van der Waals surface area contributed by atoms with Crippen LogP contribution in [0.2, 0.25) is 0 Å². The van der Waals surface area contributed by atoms with E-state index in [-0.39, 0.29) is 22.7 Å². The van der Waals surface area contributed by atoms with Crippen molar-refractivity contribution in [3.63, 3.8) is 0 Å². The van der Waals surface area contributed by atoms with Crippen LogP contribution in [-0.4, -0.2) is 48.7 Å². The summed E-state index contributed by atoms with van der Waals surface area (Å²) < 4.78 is 10.6. The lowest BCUT2D eigenvalue weighted by Gasteiger charge is -2.16. The molecule has 1 unspecified atom stereocenters. The number of amides is 1. The molecule has 10 heteroatoms. The summed E-state index contributed by atoms with van der Waals surface area (Å²) in [5.74, 6) is -0.390. The molecule has 1 aliphatic rings. The molecule has 1 saturated heterocycles. The Morgan fingerprint density at radius 3 is 2.97 bits per heavy atom. The van der Waals surface area contributed by atoms with Gasteiger partial charge in [0, 0.05) is 44.8 Å². The zero-order valence-corrected chi connectivity index (χ0v) is 18.1. The molecule has 1 atom stereocenters. The maximum Gasteiger partial charge on any atom is 0.267 e. The Kier molecular flexibility index (Phi) is 5.74. The van der Waals surface area contributed by atoms with Crippen molar-refractivity contribution in [3.8, 4) is 0 Å². The maximum absolute atomic E-state index is 13.2. The predicted octanol–water partition coefficient (Wildman–Crippen LogP) is 1.32. The average Bonchev–Trinajstić information content (AvgIpc) is 3.53. The summed E-state index contributed by atoms with van der Waals surface area (Å²) in [5, 5.41) is 12.0. The van der Waals surface area contributed by atoms with Crippen LogP contribution in [0.5, 0.6) is 0 Å². The lowest BCUT2D eigenvalue weighted by molar-refractivity contribution is 0.0855. The highest BCUT2D eigenvalue weighted by Gasteiger charge is 2.20. The number of nitrogens with zero attached hydrogens (tertiary/aromatic N) is 5. The maximum atomic E-state index is 13.2. The van der Waals surface area contributed by atoms with Gasteiger partial charge in [-0.15, -0.1) is 0 Å². The second kappa shape index (κ2) is 8.99. The van der Waals surface area contributed by atoms with Crippen molar-refractivity contribution >= 4 is 22.6 Å². The highest BCUT2D eigenvalue weighted by atomic mass is 16.5. The van der Waals surface area contributed by atoms with E-state index in [1.54, 1.807) is 35.4 Å². The molecule has 0 bridgehead atoms. The van der Waals surface area contributed by atoms with Crippen LogP contribution < -0.4 is 16.4 Å². The van der Waals surface area contributed by atoms with Gasteiger partial charge in [0.15, 0.2) is 0 Å². The monoisotopic (exact) mass is 447 g/mol. The van der Waals surface area contributed by atoms with E-state index < -0.39 is 5.91 Å². The first kappa shape index (κ1) is 21.1. The van der Waals surface area contributed by atoms with Crippen molar-refractivity contribution in [2.75, 3.05) is 13.2 Å². The fourth-order valence-electron chi connectivity index (χ4n) is 4.22. The van der Waals surface area contributed by atoms with Crippen LogP contribution in [-0.2, 0) is 17.8 Å². The molecule has 33 heavy (non-hydrogen) atoms. The Hall–Kier alpha value is -3.79. The summed E-state index contributed by atoms with van der Waals surface area (Å²) in [4.78, 5) is 35.0. The van der Waals surface area contributed by atoms with Crippen molar-refractivity contribution in [2.45, 2.75) is 38.5 Å². The quantitative estimate of drug-likeness (QED) is 0.414. The number of carbonyl (C=O) groups is 1. The van der Waals surface area contributed by atoms with Crippen LogP contribution in [0.15, 0.2) is 54.0 Å². The molecule has 5 rings (SSSR count). The van der Waals surface area contributed by atoms with E-state index in [1.807, 2.05) is 16.8 Å². The molecule has 0 aromatic carbocycles. The largest absolute Gasteiger partial charge is 0.376 e. The van der Waals surface area contributed by atoms with Gasteiger partial charge in [0.05, 0.1) is 23.4 Å². The SMILES string of the molecule is N=c1c(C(=O)NCC2CCCO2)cc2c(=O)n3ccccc3nc2n1CCCn1ccnc1. The molecule has 5 heterocycles. The molecule has 4 aromatic heterocycles. The van der Waals surface area contributed by atoms with Gasteiger partial charge in [-0.1, -0.05) is 6.07 Å². The average molecular weight is 447 g/mol. The van der Waals surface area contributed by atoms with Gasteiger partial charge in [-0.05, 0) is 37.5 Å². The number of ether oxygens (including phenoxy) is 1. The third kappa shape index (κ3) is 4.17. The van der Waals surface area contributed by atoms with E-state index in [0.717, 1.165) is 12.8 Å². The Bertz CT molecular complexity index is 1420. The Morgan fingerprint density at radius 1 is 1.27 bits per heavy atom. The third-order valence-corrected chi connectivity index (χ3v) is 5.93. The van der Waals surface area contributed by atoms with Crippen molar-refractivity contribution in [2.24, 2.45) is 0 Å². The summed E-state index contributed by atoms with van der Waals surface area (Å²) >= 11 is 0. The smallest absolute Gasteiger partial charge is 0.267 e. The van der Waals surface area contributed by atoms with Crippen LogP contribution in [0.25, 0.3) is 16.7 Å². The van der Waals surface area contributed by atoms with Gasteiger partial charge in [0.1, 0.15) is 16.8 Å². The summed E-state index contributed by atoms with van der Waals surface area (Å²) in [6, 6.07) is 6.81. The molecule has 10 nitrogen and oxygen atoms in total. The molecule has 0 radical (unpaired) electrons. The first-order valence-electron chi connectivity index (χ1n) is 11.1. The number of imidazole rings is 1.